The van der Waals surface area contributed by atoms with Gasteiger partial charge in [-0.2, -0.15) is 21.6 Å². The Hall–Kier alpha value is -5.36. The number of halogens is 3. The number of fused-ring (bicyclic) bond motifs is 2. The van der Waals surface area contributed by atoms with Crippen molar-refractivity contribution in [2.45, 2.75) is 202 Å². The van der Waals surface area contributed by atoms with Crippen LogP contribution in [0.15, 0.2) is 42.5 Å². The molecule has 1 fully saturated rings. The molecule has 0 aliphatic carbocycles. The number of carbonyl (C=O) groups is 4. The molecule has 0 radical (unpaired) electrons. The largest absolute Gasteiger partial charge is 0.534 e. The number of nitrogens with one attached hydrogen (secondary N) is 2. The molecule has 5 atom stereocenters. The third-order valence-electron chi connectivity index (χ3n) is 11.9. The molecule has 1 unspecified atom stereocenters. The average molecular weight is 1120 g/mol. The van der Waals surface area contributed by atoms with Gasteiger partial charge < -0.3 is 46.5 Å². The van der Waals surface area contributed by atoms with Crippen LogP contribution in [0, 0.1) is 11.8 Å². The highest BCUT2D eigenvalue weighted by Crippen LogP contribution is 2.43. The molecule has 1 saturated heterocycles. The molecule has 5 rings (SSSR count). The number of anilines is 2. The van der Waals surface area contributed by atoms with E-state index in [0.29, 0.717) is 29.5 Å². The van der Waals surface area contributed by atoms with Gasteiger partial charge in [0.1, 0.15) is 33.8 Å². The van der Waals surface area contributed by atoms with Gasteiger partial charge in [0.25, 0.3) is 0 Å². The van der Waals surface area contributed by atoms with E-state index in [2.05, 4.69) is 81.6 Å². The summed E-state index contributed by atoms with van der Waals surface area (Å²) in [6.07, 6.45) is 6.86. The van der Waals surface area contributed by atoms with Crippen LogP contribution < -0.4 is 24.3 Å². The van der Waals surface area contributed by atoms with E-state index in [9.17, 15) is 40.8 Å². The number of amides is 2. The monoisotopic (exact) mass is 1110 g/mol. The molecule has 2 N–H and O–H groups in total. The number of ether oxygens (including phenoxy) is 8. The van der Waals surface area contributed by atoms with Crippen molar-refractivity contribution in [3.05, 3.63) is 59.2 Å². The summed E-state index contributed by atoms with van der Waals surface area (Å²) in [6, 6.07) is 5.11. The number of hydrogen-bond donors (Lipinski definition) is 2. The summed E-state index contributed by atoms with van der Waals surface area (Å²) in [4.78, 5) is 49.8. The fraction of sp³-hybridized carbons (Fsp3) is 0.623. The number of alkyl halides is 3. The lowest BCUT2D eigenvalue weighted by molar-refractivity contribution is -0.148. The predicted octanol–water partition coefficient (Wildman–Crippen LogP) is 13.0. The molecule has 0 saturated carbocycles. The van der Waals surface area contributed by atoms with Crippen LogP contribution in [-0.2, 0) is 43.0 Å². The van der Waals surface area contributed by atoms with E-state index in [-0.39, 0.29) is 52.2 Å². The van der Waals surface area contributed by atoms with Crippen molar-refractivity contribution >= 4 is 60.0 Å². The maximum Gasteiger partial charge on any atom is 0.534 e. The van der Waals surface area contributed by atoms with E-state index in [4.69, 9.17) is 42.3 Å². The lowest BCUT2D eigenvalue weighted by Crippen LogP contribution is -2.44. The fourth-order valence-electron chi connectivity index (χ4n) is 7.46. The Balaban J connectivity index is 0.000000368. The second kappa shape index (κ2) is 22.5. The number of hydrogen-bond acceptors (Lipinski definition) is 16. The number of benzene rings is 2. The van der Waals surface area contributed by atoms with Gasteiger partial charge in [0.05, 0.1) is 17.9 Å². The van der Waals surface area contributed by atoms with Crippen LogP contribution >= 0.6 is 0 Å². The highest BCUT2D eigenvalue weighted by Gasteiger charge is 2.50. The molecule has 2 amide bonds. The predicted molar refractivity (Wildman–Crippen MR) is 281 cm³/mol. The number of carbonyl (C=O) groups excluding carboxylic acids is 4. The van der Waals surface area contributed by atoms with Crippen molar-refractivity contribution in [2.24, 2.45) is 11.8 Å². The van der Waals surface area contributed by atoms with Crippen LogP contribution in [0.2, 0.25) is 18.1 Å². The molecule has 2 aromatic carbocycles. The first-order chi connectivity index (χ1) is 34.2. The first-order valence-corrected chi connectivity index (χ1v) is 29.1. The molecule has 2 aromatic rings. The van der Waals surface area contributed by atoms with Crippen molar-refractivity contribution < 1.29 is 87.3 Å². The van der Waals surface area contributed by atoms with E-state index in [1.807, 2.05) is 26.0 Å². The summed E-state index contributed by atoms with van der Waals surface area (Å²) in [5, 5.41) is 5.12. The van der Waals surface area contributed by atoms with Crippen LogP contribution in [0.4, 0.5) is 34.1 Å². The highest BCUT2D eigenvalue weighted by atomic mass is 32.2. The molecule has 3 aliphatic heterocycles. The maximum absolute atomic E-state index is 13.1. The first kappa shape index (κ1) is 63.2. The minimum atomic E-state index is -6.12. The van der Waals surface area contributed by atoms with E-state index >= 15 is 0 Å². The quantitative estimate of drug-likeness (QED) is 0.0476. The zero-order valence-electron chi connectivity index (χ0n) is 47.3. The molecule has 0 aromatic heterocycles. The summed E-state index contributed by atoms with van der Waals surface area (Å²) in [6.45, 7) is 37.8. The third kappa shape index (κ3) is 17.6. The molecule has 3 heterocycles. The minimum Gasteiger partial charge on any atom is -0.452 e. The Morgan fingerprint density at radius 3 is 1.66 bits per heavy atom. The lowest BCUT2D eigenvalue weighted by atomic mass is 9.94. The van der Waals surface area contributed by atoms with Crippen LogP contribution in [-0.4, -0.2) is 93.2 Å². The van der Waals surface area contributed by atoms with Gasteiger partial charge in [-0.05, 0) is 104 Å². The average Bonchev–Trinajstić information content (AvgIpc) is 3.49. The lowest BCUT2D eigenvalue weighted by Gasteiger charge is -2.39. The molecule has 426 valence electrons. The molecule has 23 heteroatoms. The zero-order chi connectivity index (χ0) is 58.2. The number of rotatable bonds is 13. The molecule has 3 aliphatic rings. The van der Waals surface area contributed by atoms with Crippen molar-refractivity contribution in [3.8, 4) is 17.2 Å². The highest BCUT2D eigenvalue weighted by molar-refractivity contribution is 7.88. The van der Waals surface area contributed by atoms with Gasteiger partial charge in [0.2, 0.25) is 11.6 Å². The number of esters is 2. The molecule has 76 heavy (non-hydrogen) atoms. The van der Waals surface area contributed by atoms with Gasteiger partial charge >= 0.3 is 39.8 Å². The van der Waals surface area contributed by atoms with E-state index in [0.717, 1.165) is 6.07 Å². The van der Waals surface area contributed by atoms with Crippen molar-refractivity contribution in [1.82, 2.24) is 0 Å². The smallest absolute Gasteiger partial charge is 0.452 e. The van der Waals surface area contributed by atoms with E-state index < -0.39 is 87.9 Å². The molecule has 18 nitrogen and oxygen atoms in total. The second-order valence-electron chi connectivity index (χ2n) is 23.8. The van der Waals surface area contributed by atoms with Gasteiger partial charge in [-0.15, -0.1) is 0 Å². The van der Waals surface area contributed by atoms with Gasteiger partial charge in [-0.25, -0.2) is 19.2 Å². The van der Waals surface area contributed by atoms with Crippen molar-refractivity contribution in [1.29, 1.82) is 0 Å². The topological polar surface area (TPSA) is 219 Å². The van der Waals surface area contributed by atoms with Crippen molar-refractivity contribution in [3.63, 3.8) is 0 Å². The summed E-state index contributed by atoms with van der Waals surface area (Å²) < 4.78 is 117. The minimum absolute atomic E-state index is 0.0809. The van der Waals surface area contributed by atoms with Crippen LogP contribution in [0.1, 0.15) is 157 Å². The van der Waals surface area contributed by atoms with Crippen LogP contribution in [0.25, 0.3) is 6.08 Å². The standard InChI is InChI=1S/C37H59NO8Si.C16H18F3NO8S/c1-23(25(3)46-47(14,15)35(7,8)9)19-20-24(2)31-28(41-36(10,11)43-31)18-16-17-26-21-27(38-33(40)45-34(4,5)6)22-29-30(26)32(39)44-37(12,13)42-29;1-14(2,3)27-13(22)20-8-6-9-11(12(21)26-15(4,5)25-9)10(7-8)28-29(23,24)16(17,18)19/h16-17,19-25,28,31H,18H2,1-15H3,(H,38,40);6-7H,1-5H3,(H,20,22)/b17-16+,20-19-;/t23-,24?,25+,28+,31-;/m1./s1. The van der Waals surface area contributed by atoms with Crippen LogP contribution in [0.3, 0.4) is 0 Å². The summed E-state index contributed by atoms with van der Waals surface area (Å²) in [5.41, 5.74) is -6.98. The van der Waals surface area contributed by atoms with Crippen molar-refractivity contribution in [2.75, 3.05) is 10.6 Å². The third-order valence-corrected chi connectivity index (χ3v) is 17.5. The van der Waals surface area contributed by atoms with Crippen LogP contribution in [0.5, 0.6) is 17.2 Å². The van der Waals surface area contributed by atoms with Gasteiger partial charge in [-0.1, -0.05) is 58.9 Å². The molecule has 0 bridgehead atoms. The fourth-order valence-corrected chi connectivity index (χ4v) is 9.42. The van der Waals surface area contributed by atoms with Gasteiger partial charge in [0, 0.05) is 63.6 Å². The normalized spacial score (nSPS) is 20.5. The summed E-state index contributed by atoms with van der Waals surface area (Å²) in [5.74, 6) is -5.83. The Morgan fingerprint density at radius 2 is 1.18 bits per heavy atom. The van der Waals surface area contributed by atoms with Gasteiger partial charge in [0.15, 0.2) is 19.9 Å². The first-order valence-electron chi connectivity index (χ1n) is 24.8. The summed E-state index contributed by atoms with van der Waals surface area (Å²) in [7, 11) is -8.00. The van der Waals surface area contributed by atoms with Gasteiger partial charge in [-0.3, -0.25) is 10.6 Å². The Labute approximate surface area is 446 Å². The SMILES string of the molecule is CC(/C=C\[C@@H](C)[C@H](C)O[Si](C)(C)C(C)(C)C)[C@H]1OC(C)(C)O[C@H]1C/C=C/c1cc(NC(=O)OC(C)(C)C)cc2c1C(=O)OC(C)(C)O2.CC(C)(C)OC(=O)Nc1cc2c(c(OS(=O)(=O)C(F)(F)F)c1)C(=O)OC(C)(C)O2. The second-order valence-corrected chi connectivity index (χ2v) is 30.1. The Kier molecular flexibility index (Phi) is 18.7. The van der Waals surface area contributed by atoms with E-state index in [1.54, 1.807) is 67.5 Å². The number of cyclic esters (lactones) is 2. The molecule has 0 spiro atoms. The Bertz CT molecular complexity index is 2660. The Morgan fingerprint density at radius 1 is 0.711 bits per heavy atom. The summed E-state index contributed by atoms with van der Waals surface area (Å²) >= 11 is 0. The zero-order valence-corrected chi connectivity index (χ0v) is 49.1. The maximum atomic E-state index is 13.1. The molecular formula is C53H77F3N2O16SSi. The molecular weight excluding hydrogens is 1040 g/mol. The van der Waals surface area contributed by atoms with E-state index in [1.165, 1.54) is 13.8 Å².